The van der Waals surface area contributed by atoms with Crippen molar-refractivity contribution in [2.45, 2.75) is 50.6 Å². The zero-order chi connectivity index (χ0) is 11.4. The summed E-state index contributed by atoms with van der Waals surface area (Å²) in [5.74, 6) is 0.667. The van der Waals surface area contributed by atoms with Crippen LogP contribution in [0, 0.1) is 5.92 Å². The molecule has 0 aromatic carbocycles. The van der Waals surface area contributed by atoms with Crippen molar-refractivity contribution in [3.05, 3.63) is 0 Å². The minimum atomic E-state index is 0.176. The van der Waals surface area contributed by atoms with E-state index in [9.17, 15) is 4.79 Å². The van der Waals surface area contributed by atoms with Crippen LogP contribution in [0.15, 0.2) is 0 Å². The standard InChI is InChI=1S/C12H22N2O2/c13-10-3-1-2-9(6-10)7-12(15)14-11-4-5-16-8-11/h9-11H,1-8,13H2,(H,14,15). The van der Waals surface area contributed by atoms with E-state index >= 15 is 0 Å². The second-order valence-corrected chi connectivity index (χ2v) is 5.12. The fourth-order valence-corrected chi connectivity index (χ4v) is 2.72. The molecule has 1 aliphatic heterocycles. The lowest BCUT2D eigenvalue weighted by atomic mass is 9.84. The number of nitrogens with two attached hydrogens (primary N) is 1. The zero-order valence-corrected chi connectivity index (χ0v) is 9.78. The number of nitrogens with one attached hydrogen (secondary N) is 1. The van der Waals surface area contributed by atoms with Gasteiger partial charge in [-0.25, -0.2) is 0 Å². The smallest absolute Gasteiger partial charge is 0.220 e. The Hall–Kier alpha value is -0.610. The summed E-state index contributed by atoms with van der Waals surface area (Å²) in [7, 11) is 0. The van der Waals surface area contributed by atoms with Crippen LogP contribution in [-0.4, -0.2) is 31.2 Å². The van der Waals surface area contributed by atoms with Crippen molar-refractivity contribution in [3.8, 4) is 0 Å². The molecule has 1 amide bonds. The van der Waals surface area contributed by atoms with E-state index in [2.05, 4.69) is 5.32 Å². The van der Waals surface area contributed by atoms with Gasteiger partial charge in [0.05, 0.1) is 12.6 Å². The summed E-state index contributed by atoms with van der Waals surface area (Å²) in [5, 5.41) is 3.04. The van der Waals surface area contributed by atoms with Crippen molar-refractivity contribution < 1.29 is 9.53 Å². The first kappa shape index (κ1) is 11.9. The van der Waals surface area contributed by atoms with Crippen LogP contribution in [0.3, 0.4) is 0 Å². The van der Waals surface area contributed by atoms with Gasteiger partial charge in [-0.3, -0.25) is 4.79 Å². The van der Waals surface area contributed by atoms with E-state index in [1.807, 2.05) is 0 Å². The maximum absolute atomic E-state index is 11.8. The first-order valence-corrected chi connectivity index (χ1v) is 6.36. The topological polar surface area (TPSA) is 64.4 Å². The third kappa shape index (κ3) is 3.46. The zero-order valence-electron chi connectivity index (χ0n) is 9.78. The number of hydrogen-bond acceptors (Lipinski definition) is 3. The maximum atomic E-state index is 11.8. The fraction of sp³-hybridized carbons (Fsp3) is 0.917. The molecule has 1 heterocycles. The lowest BCUT2D eigenvalue weighted by Gasteiger charge is -2.26. The van der Waals surface area contributed by atoms with E-state index in [4.69, 9.17) is 10.5 Å². The van der Waals surface area contributed by atoms with Crippen LogP contribution in [0.5, 0.6) is 0 Å². The Bertz CT molecular complexity index is 239. The van der Waals surface area contributed by atoms with E-state index in [-0.39, 0.29) is 11.9 Å². The highest BCUT2D eigenvalue weighted by Gasteiger charge is 2.23. The molecule has 1 aliphatic carbocycles. The predicted octanol–water partition coefficient (Wildman–Crippen LogP) is 0.799. The molecule has 0 spiro atoms. The number of ether oxygens (including phenoxy) is 1. The van der Waals surface area contributed by atoms with Gasteiger partial charge < -0.3 is 15.8 Å². The minimum Gasteiger partial charge on any atom is -0.379 e. The largest absolute Gasteiger partial charge is 0.379 e. The quantitative estimate of drug-likeness (QED) is 0.748. The molecule has 0 aromatic heterocycles. The molecular weight excluding hydrogens is 204 g/mol. The Morgan fingerprint density at radius 1 is 1.38 bits per heavy atom. The molecule has 16 heavy (non-hydrogen) atoms. The summed E-state index contributed by atoms with van der Waals surface area (Å²) in [5.41, 5.74) is 5.91. The monoisotopic (exact) mass is 226 g/mol. The predicted molar refractivity (Wildman–Crippen MR) is 61.9 cm³/mol. The highest BCUT2D eigenvalue weighted by atomic mass is 16.5. The van der Waals surface area contributed by atoms with Crippen LogP contribution in [0.25, 0.3) is 0 Å². The van der Waals surface area contributed by atoms with Crippen LogP contribution < -0.4 is 11.1 Å². The molecule has 4 nitrogen and oxygen atoms in total. The first-order chi connectivity index (χ1) is 7.74. The lowest BCUT2D eigenvalue weighted by molar-refractivity contribution is -0.123. The van der Waals surface area contributed by atoms with Gasteiger partial charge in [0, 0.05) is 19.1 Å². The molecule has 2 rings (SSSR count). The van der Waals surface area contributed by atoms with E-state index in [1.165, 1.54) is 6.42 Å². The Kier molecular flexibility index (Phi) is 4.18. The molecular formula is C12H22N2O2. The highest BCUT2D eigenvalue weighted by molar-refractivity contribution is 5.76. The first-order valence-electron chi connectivity index (χ1n) is 6.36. The SMILES string of the molecule is NC1CCCC(CC(=O)NC2CCOC2)C1. The molecule has 1 saturated heterocycles. The summed E-state index contributed by atoms with van der Waals surface area (Å²) in [4.78, 5) is 11.8. The van der Waals surface area contributed by atoms with Crippen molar-refractivity contribution in [2.75, 3.05) is 13.2 Å². The van der Waals surface area contributed by atoms with Gasteiger partial charge in [-0.1, -0.05) is 6.42 Å². The van der Waals surface area contributed by atoms with Gasteiger partial charge in [-0.15, -0.1) is 0 Å². The van der Waals surface area contributed by atoms with Gasteiger partial charge in [0.2, 0.25) is 5.91 Å². The van der Waals surface area contributed by atoms with Gasteiger partial charge in [0.15, 0.2) is 0 Å². The lowest BCUT2D eigenvalue weighted by Crippen LogP contribution is -2.37. The van der Waals surface area contributed by atoms with Crippen LogP contribution in [0.1, 0.15) is 38.5 Å². The summed E-state index contributed by atoms with van der Waals surface area (Å²) >= 11 is 0. The van der Waals surface area contributed by atoms with Gasteiger partial charge in [0.25, 0.3) is 0 Å². The van der Waals surface area contributed by atoms with Crippen LogP contribution in [0.4, 0.5) is 0 Å². The Labute approximate surface area is 96.9 Å². The number of rotatable bonds is 3. The third-order valence-corrected chi connectivity index (χ3v) is 3.59. The number of hydrogen-bond donors (Lipinski definition) is 2. The number of carbonyl (C=O) groups is 1. The summed E-state index contributed by atoms with van der Waals surface area (Å²) < 4.78 is 5.23. The van der Waals surface area contributed by atoms with Crippen molar-refractivity contribution in [3.63, 3.8) is 0 Å². The van der Waals surface area contributed by atoms with E-state index < -0.39 is 0 Å². The minimum absolute atomic E-state index is 0.176. The summed E-state index contributed by atoms with van der Waals surface area (Å²) in [6.45, 7) is 1.45. The number of amides is 1. The molecule has 0 radical (unpaired) electrons. The Morgan fingerprint density at radius 2 is 2.25 bits per heavy atom. The van der Waals surface area contributed by atoms with E-state index in [1.54, 1.807) is 0 Å². The average molecular weight is 226 g/mol. The Morgan fingerprint density at radius 3 is 2.94 bits per heavy atom. The maximum Gasteiger partial charge on any atom is 0.220 e. The van der Waals surface area contributed by atoms with Crippen LogP contribution >= 0.6 is 0 Å². The second-order valence-electron chi connectivity index (χ2n) is 5.12. The molecule has 3 N–H and O–H groups in total. The fourth-order valence-electron chi connectivity index (χ4n) is 2.72. The molecule has 0 bridgehead atoms. The average Bonchev–Trinajstić information content (AvgIpc) is 2.70. The second kappa shape index (κ2) is 5.64. The molecule has 92 valence electrons. The Balaban J connectivity index is 1.69. The molecule has 0 aromatic rings. The van der Waals surface area contributed by atoms with Gasteiger partial charge in [-0.05, 0) is 31.6 Å². The molecule has 1 saturated carbocycles. The molecule has 4 heteroatoms. The van der Waals surface area contributed by atoms with Crippen molar-refractivity contribution in [1.29, 1.82) is 0 Å². The highest BCUT2D eigenvalue weighted by Crippen LogP contribution is 2.25. The van der Waals surface area contributed by atoms with Crippen molar-refractivity contribution in [2.24, 2.45) is 11.7 Å². The van der Waals surface area contributed by atoms with Crippen molar-refractivity contribution in [1.82, 2.24) is 5.32 Å². The van der Waals surface area contributed by atoms with E-state index in [0.717, 1.165) is 32.3 Å². The van der Waals surface area contributed by atoms with Crippen LogP contribution in [0.2, 0.25) is 0 Å². The van der Waals surface area contributed by atoms with Gasteiger partial charge in [-0.2, -0.15) is 0 Å². The normalized spacial score (nSPS) is 34.9. The van der Waals surface area contributed by atoms with Gasteiger partial charge in [0.1, 0.15) is 0 Å². The molecule has 2 fully saturated rings. The van der Waals surface area contributed by atoms with E-state index in [0.29, 0.717) is 25.0 Å². The number of carbonyl (C=O) groups excluding carboxylic acids is 1. The van der Waals surface area contributed by atoms with Crippen LogP contribution in [-0.2, 0) is 9.53 Å². The molecule has 3 atom stereocenters. The van der Waals surface area contributed by atoms with Crippen molar-refractivity contribution >= 4 is 5.91 Å². The van der Waals surface area contributed by atoms with Gasteiger partial charge >= 0.3 is 0 Å². The third-order valence-electron chi connectivity index (χ3n) is 3.59. The summed E-state index contributed by atoms with van der Waals surface area (Å²) in [6.07, 6.45) is 6.05. The molecule has 3 unspecified atom stereocenters. The molecule has 2 aliphatic rings. The summed E-state index contributed by atoms with van der Waals surface area (Å²) in [6, 6.07) is 0.547.